The number of rotatable bonds is 5. The first-order valence-corrected chi connectivity index (χ1v) is 8.99. The zero-order chi connectivity index (χ0) is 16.3. The molecule has 1 amide bonds. The number of anilines is 1. The van der Waals surface area contributed by atoms with Crippen molar-refractivity contribution in [2.45, 2.75) is 24.3 Å². The molecule has 3 rings (SSSR count). The lowest BCUT2D eigenvalue weighted by Crippen LogP contribution is -2.25. The van der Waals surface area contributed by atoms with Crippen molar-refractivity contribution in [1.82, 2.24) is 4.72 Å². The summed E-state index contributed by atoms with van der Waals surface area (Å²) in [6, 6.07) is 15.7. The molecule has 0 spiro atoms. The third-order valence-electron chi connectivity index (χ3n) is 3.82. The third-order valence-corrected chi connectivity index (χ3v) is 5.23. The largest absolute Gasteiger partial charge is 0.312 e. The van der Waals surface area contributed by atoms with Crippen molar-refractivity contribution in [2.75, 3.05) is 11.4 Å². The second kappa shape index (κ2) is 6.52. The maximum Gasteiger partial charge on any atom is 0.240 e. The van der Waals surface area contributed by atoms with Gasteiger partial charge in [-0.3, -0.25) is 4.79 Å². The van der Waals surface area contributed by atoms with E-state index in [4.69, 9.17) is 0 Å². The first-order valence-electron chi connectivity index (χ1n) is 7.50. The summed E-state index contributed by atoms with van der Waals surface area (Å²) in [5.41, 5.74) is 1.64. The van der Waals surface area contributed by atoms with Gasteiger partial charge >= 0.3 is 0 Å². The summed E-state index contributed by atoms with van der Waals surface area (Å²) in [5, 5.41) is 0. The highest BCUT2D eigenvalue weighted by molar-refractivity contribution is 7.89. The fourth-order valence-corrected chi connectivity index (χ4v) is 3.66. The molecule has 1 fully saturated rings. The highest BCUT2D eigenvalue weighted by Crippen LogP contribution is 2.22. The summed E-state index contributed by atoms with van der Waals surface area (Å²) in [5.74, 6) is 0.118. The van der Waals surface area contributed by atoms with E-state index in [1.807, 2.05) is 24.3 Å². The molecule has 2 aromatic rings. The van der Waals surface area contributed by atoms with Crippen LogP contribution in [0.15, 0.2) is 59.5 Å². The average molecular weight is 330 g/mol. The van der Waals surface area contributed by atoms with Crippen LogP contribution in [0.1, 0.15) is 18.4 Å². The summed E-state index contributed by atoms with van der Waals surface area (Å²) in [6.45, 7) is 0.908. The van der Waals surface area contributed by atoms with Crippen molar-refractivity contribution in [3.8, 4) is 0 Å². The van der Waals surface area contributed by atoms with Gasteiger partial charge in [0, 0.05) is 25.2 Å². The minimum atomic E-state index is -3.53. The number of nitrogens with zero attached hydrogens (tertiary/aromatic N) is 1. The first kappa shape index (κ1) is 15.7. The summed E-state index contributed by atoms with van der Waals surface area (Å²) in [4.78, 5) is 13.8. The molecule has 1 N–H and O–H groups in total. The molecule has 6 heteroatoms. The molecule has 1 heterocycles. The minimum Gasteiger partial charge on any atom is -0.312 e. The van der Waals surface area contributed by atoms with Crippen LogP contribution in [-0.4, -0.2) is 20.9 Å². The molecular weight excluding hydrogens is 312 g/mol. The first-order chi connectivity index (χ1) is 11.1. The van der Waals surface area contributed by atoms with Gasteiger partial charge < -0.3 is 4.90 Å². The van der Waals surface area contributed by atoms with E-state index in [0.29, 0.717) is 6.42 Å². The van der Waals surface area contributed by atoms with Crippen LogP contribution >= 0.6 is 0 Å². The Labute approximate surface area is 136 Å². The Kier molecular flexibility index (Phi) is 4.45. The van der Waals surface area contributed by atoms with Gasteiger partial charge in [-0.1, -0.05) is 30.3 Å². The molecule has 1 aliphatic rings. The van der Waals surface area contributed by atoms with Gasteiger partial charge in [-0.15, -0.1) is 0 Å². The Morgan fingerprint density at radius 1 is 1.04 bits per heavy atom. The molecule has 2 aromatic carbocycles. The molecule has 0 unspecified atom stereocenters. The minimum absolute atomic E-state index is 0.118. The maximum absolute atomic E-state index is 12.2. The van der Waals surface area contributed by atoms with Gasteiger partial charge in [-0.05, 0) is 36.2 Å². The number of carbonyl (C=O) groups is 1. The fourth-order valence-electron chi connectivity index (χ4n) is 2.62. The smallest absolute Gasteiger partial charge is 0.240 e. The molecule has 1 aliphatic heterocycles. The number of amides is 1. The van der Waals surface area contributed by atoms with E-state index in [1.54, 1.807) is 35.2 Å². The molecule has 0 aromatic heterocycles. The Morgan fingerprint density at radius 2 is 1.83 bits per heavy atom. The van der Waals surface area contributed by atoms with E-state index >= 15 is 0 Å². The lowest BCUT2D eigenvalue weighted by atomic mass is 10.2. The van der Waals surface area contributed by atoms with Crippen molar-refractivity contribution in [1.29, 1.82) is 0 Å². The van der Waals surface area contributed by atoms with Gasteiger partial charge in [0.2, 0.25) is 15.9 Å². The molecule has 5 nitrogen and oxygen atoms in total. The summed E-state index contributed by atoms with van der Waals surface area (Å²) in [7, 11) is -3.53. The van der Waals surface area contributed by atoms with Crippen molar-refractivity contribution < 1.29 is 13.2 Å². The van der Waals surface area contributed by atoms with E-state index < -0.39 is 10.0 Å². The molecule has 23 heavy (non-hydrogen) atoms. The Morgan fingerprint density at radius 3 is 2.52 bits per heavy atom. The molecule has 120 valence electrons. The lowest BCUT2D eigenvalue weighted by Gasteiger charge is -2.16. The molecule has 0 bridgehead atoms. The Balaban J connectivity index is 1.73. The standard InChI is InChI=1S/C17H18N2O3S/c20-17-10-5-11-19(17)15-7-4-6-14(12-15)13-18-23(21,22)16-8-2-1-3-9-16/h1-4,6-9,12,18H,5,10-11,13H2. The van der Waals surface area contributed by atoms with Crippen molar-refractivity contribution in [3.05, 3.63) is 60.2 Å². The number of carbonyl (C=O) groups excluding carboxylic acids is 1. The maximum atomic E-state index is 12.2. The zero-order valence-corrected chi connectivity index (χ0v) is 13.4. The quantitative estimate of drug-likeness (QED) is 0.915. The summed E-state index contributed by atoms with van der Waals surface area (Å²) < 4.78 is 27.0. The molecule has 0 aliphatic carbocycles. The van der Waals surface area contributed by atoms with Crippen LogP contribution in [0, 0.1) is 0 Å². The molecular formula is C17H18N2O3S. The van der Waals surface area contributed by atoms with Gasteiger partial charge in [0.25, 0.3) is 0 Å². The highest BCUT2D eigenvalue weighted by Gasteiger charge is 2.21. The highest BCUT2D eigenvalue weighted by atomic mass is 32.2. The Bertz CT molecular complexity index is 804. The van der Waals surface area contributed by atoms with Gasteiger partial charge in [-0.2, -0.15) is 0 Å². The van der Waals surface area contributed by atoms with E-state index in [2.05, 4.69) is 4.72 Å². The van der Waals surface area contributed by atoms with Crippen LogP contribution in [-0.2, 0) is 21.4 Å². The molecule has 0 radical (unpaired) electrons. The van der Waals surface area contributed by atoms with E-state index in [-0.39, 0.29) is 17.3 Å². The van der Waals surface area contributed by atoms with E-state index in [1.165, 1.54) is 0 Å². The Hall–Kier alpha value is -2.18. The third kappa shape index (κ3) is 3.60. The van der Waals surface area contributed by atoms with Crippen LogP contribution in [0.25, 0.3) is 0 Å². The molecule has 1 saturated heterocycles. The topological polar surface area (TPSA) is 66.5 Å². The summed E-state index contributed by atoms with van der Waals surface area (Å²) in [6.07, 6.45) is 1.44. The number of sulfonamides is 1. The predicted molar refractivity (Wildman–Crippen MR) is 88.5 cm³/mol. The van der Waals surface area contributed by atoms with Gasteiger partial charge in [0.1, 0.15) is 0 Å². The second-order valence-electron chi connectivity index (χ2n) is 5.46. The van der Waals surface area contributed by atoms with Crippen LogP contribution < -0.4 is 9.62 Å². The lowest BCUT2D eigenvalue weighted by molar-refractivity contribution is -0.117. The van der Waals surface area contributed by atoms with Crippen LogP contribution in [0.5, 0.6) is 0 Å². The van der Waals surface area contributed by atoms with Crippen molar-refractivity contribution >= 4 is 21.6 Å². The molecule has 0 saturated carbocycles. The fraction of sp³-hybridized carbons (Fsp3) is 0.235. The van der Waals surface area contributed by atoms with E-state index in [0.717, 1.165) is 24.2 Å². The van der Waals surface area contributed by atoms with Crippen molar-refractivity contribution in [2.24, 2.45) is 0 Å². The number of benzene rings is 2. The predicted octanol–water partition coefficient (Wildman–Crippen LogP) is 2.29. The van der Waals surface area contributed by atoms with Crippen LogP contribution in [0.2, 0.25) is 0 Å². The monoisotopic (exact) mass is 330 g/mol. The van der Waals surface area contributed by atoms with Gasteiger partial charge in [-0.25, -0.2) is 13.1 Å². The number of nitrogens with one attached hydrogen (secondary N) is 1. The number of hydrogen-bond donors (Lipinski definition) is 1. The average Bonchev–Trinajstić information content (AvgIpc) is 3.00. The molecule has 0 atom stereocenters. The number of hydrogen-bond acceptors (Lipinski definition) is 3. The van der Waals surface area contributed by atoms with E-state index in [9.17, 15) is 13.2 Å². The van der Waals surface area contributed by atoms with Gasteiger partial charge in [0.05, 0.1) is 4.90 Å². The summed E-state index contributed by atoms with van der Waals surface area (Å²) >= 11 is 0. The van der Waals surface area contributed by atoms with Crippen LogP contribution in [0.4, 0.5) is 5.69 Å². The SMILES string of the molecule is O=C1CCCN1c1cccc(CNS(=O)(=O)c2ccccc2)c1. The van der Waals surface area contributed by atoms with Crippen molar-refractivity contribution in [3.63, 3.8) is 0 Å². The van der Waals surface area contributed by atoms with Crippen LogP contribution in [0.3, 0.4) is 0 Å². The zero-order valence-electron chi connectivity index (χ0n) is 12.6. The van der Waals surface area contributed by atoms with Gasteiger partial charge in [0.15, 0.2) is 0 Å². The normalized spacial score (nSPS) is 15.1. The second-order valence-corrected chi connectivity index (χ2v) is 7.22.